The van der Waals surface area contributed by atoms with E-state index in [1.54, 1.807) is 0 Å². The monoisotopic (exact) mass is 213 g/mol. The molecule has 0 spiro atoms. The Kier molecular flexibility index (Phi) is 3.13. The van der Waals surface area contributed by atoms with Crippen molar-refractivity contribution in [2.45, 2.75) is 17.7 Å². The minimum atomic E-state index is 0.0715. The Labute approximate surface area is 88.5 Å². The summed E-state index contributed by atoms with van der Waals surface area (Å²) in [5.41, 5.74) is 0. The minimum absolute atomic E-state index is 0.0715. The summed E-state index contributed by atoms with van der Waals surface area (Å²) < 4.78 is 5.42. The lowest BCUT2D eigenvalue weighted by Crippen LogP contribution is -2.53. The van der Waals surface area contributed by atoms with Crippen molar-refractivity contribution in [2.75, 3.05) is 25.5 Å². The van der Waals surface area contributed by atoms with Crippen LogP contribution in [0.4, 0.5) is 0 Å². The molecule has 2 saturated heterocycles. The van der Waals surface area contributed by atoms with Crippen LogP contribution >= 0.6 is 11.8 Å². The number of rotatable bonds is 1. The molecule has 0 aliphatic carbocycles. The Bertz CT molecular complexity index is 242. The van der Waals surface area contributed by atoms with Crippen LogP contribution in [0.25, 0.3) is 0 Å². The zero-order valence-corrected chi connectivity index (χ0v) is 8.96. The fraction of sp³-hybridized carbons (Fsp3) is 0.700. The minimum Gasteiger partial charge on any atom is -0.380 e. The van der Waals surface area contributed by atoms with E-state index in [0.29, 0.717) is 11.3 Å². The van der Waals surface area contributed by atoms with Gasteiger partial charge in [-0.25, -0.2) is 0 Å². The summed E-state index contributed by atoms with van der Waals surface area (Å²) in [4.78, 5) is 13.5. The summed E-state index contributed by atoms with van der Waals surface area (Å²) in [7, 11) is 0. The number of amides is 1. The van der Waals surface area contributed by atoms with Crippen LogP contribution in [0, 0.1) is 0 Å². The van der Waals surface area contributed by atoms with Gasteiger partial charge in [-0.1, -0.05) is 6.58 Å². The molecule has 1 amide bonds. The maximum absolute atomic E-state index is 11.6. The average molecular weight is 213 g/mol. The van der Waals surface area contributed by atoms with Gasteiger partial charge in [0.05, 0.1) is 6.61 Å². The summed E-state index contributed by atoms with van der Waals surface area (Å²) in [5, 5.41) is 0.474. The predicted octanol–water partition coefficient (Wildman–Crippen LogP) is 0.905. The first-order valence-electron chi connectivity index (χ1n) is 4.95. The Morgan fingerprint density at radius 2 is 2.50 bits per heavy atom. The molecule has 4 heteroatoms. The highest BCUT2D eigenvalue weighted by atomic mass is 32.2. The van der Waals surface area contributed by atoms with Crippen LogP contribution in [-0.4, -0.2) is 47.6 Å². The van der Waals surface area contributed by atoms with E-state index >= 15 is 0 Å². The molecule has 2 aliphatic rings. The van der Waals surface area contributed by atoms with Gasteiger partial charge in [-0.3, -0.25) is 4.79 Å². The van der Waals surface area contributed by atoms with E-state index in [0.717, 1.165) is 31.9 Å². The summed E-state index contributed by atoms with van der Waals surface area (Å²) in [6.07, 6.45) is 2.39. The van der Waals surface area contributed by atoms with E-state index in [1.165, 1.54) is 6.08 Å². The largest absolute Gasteiger partial charge is 0.380 e. The van der Waals surface area contributed by atoms with Crippen molar-refractivity contribution in [1.29, 1.82) is 0 Å². The zero-order chi connectivity index (χ0) is 9.97. The molecule has 0 bridgehead atoms. The molecular formula is C10H15NO2S. The van der Waals surface area contributed by atoms with Crippen molar-refractivity contribution in [1.82, 2.24) is 4.90 Å². The number of ether oxygens (including phenoxy) is 1. The molecule has 78 valence electrons. The number of thioether (sulfide) groups is 1. The van der Waals surface area contributed by atoms with E-state index in [-0.39, 0.29) is 5.91 Å². The quantitative estimate of drug-likeness (QED) is 0.606. The van der Waals surface area contributed by atoms with Crippen LogP contribution in [-0.2, 0) is 9.53 Å². The van der Waals surface area contributed by atoms with Crippen molar-refractivity contribution in [2.24, 2.45) is 0 Å². The van der Waals surface area contributed by atoms with Crippen LogP contribution < -0.4 is 0 Å². The highest BCUT2D eigenvalue weighted by molar-refractivity contribution is 8.00. The fourth-order valence-electron chi connectivity index (χ4n) is 2.08. The normalized spacial score (nSPS) is 32.1. The van der Waals surface area contributed by atoms with Gasteiger partial charge in [0.1, 0.15) is 0 Å². The molecule has 3 nitrogen and oxygen atoms in total. The van der Waals surface area contributed by atoms with Gasteiger partial charge in [-0.15, -0.1) is 0 Å². The first kappa shape index (κ1) is 10.1. The van der Waals surface area contributed by atoms with E-state index in [1.807, 2.05) is 16.7 Å². The molecule has 2 rings (SSSR count). The molecule has 2 heterocycles. The molecule has 2 unspecified atom stereocenters. The molecule has 0 radical (unpaired) electrons. The van der Waals surface area contributed by atoms with Gasteiger partial charge in [-0.2, -0.15) is 11.8 Å². The molecule has 0 aromatic rings. The average Bonchev–Trinajstić information content (AvgIpc) is 2.27. The van der Waals surface area contributed by atoms with Gasteiger partial charge in [-0.05, 0) is 12.5 Å². The van der Waals surface area contributed by atoms with Gasteiger partial charge in [0.2, 0.25) is 5.91 Å². The Morgan fingerprint density at radius 1 is 1.64 bits per heavy atom. The number of fused-ring (bicyclic) bond motifs is 1. The molecule has 2 aliphatic heterocycles. The van der Waals surface area contributed by atoms with Gasteiger partial charge < -0.3 is 9.64 Å². The van der Waals surface area contributed by atoms with Crippen molar-refractivity contribution in [3.63, 3.8) is 0 Å². The van der Waals surface area contributed by atoms with Crippen LogP contribution in [0.5, 0.6) is 0 Å². The number of carbonyl (C=O) groups excluding carboxylic acids is 1. The van der Waals surface area contributed by atoms with E-state index in [2.05, 4.69) is 6.58 Å². The highest BCUT2D eigenvalue weighted by Gasteiger charge is 2.35. The topological polar surface area (TPSA) is 29.5 Å². The molecule has 0 saturated carbocycles. The van der Waals surface area contributed by atoms with Crippen molar-refractivity contribution < 1.29 is 9.53 Å². The third-order valence-electron chi connectivity index (χ3n) is 2.79. The van der Waals surface area contributed by atoms with Gasteiger partial charge >= 0.3 is 0 Å². The predicted molar refractivity (Wildman–Crippen MR) is 57.4 cm³/mol. The molecule has 2 fully saturated rings. The number of nitrogens with zero attached hydrogens (tertiary/aromatic N) is 1. The van der Waals surface area contributed by atoms with Crippen molar-refractivity contribution >= 4 is 17.7 Å². The molecule has 0 N–H and O–H groups in total. The molecule has 0 aromatic heterocycles. The maximum Gasteiger partial charge on any atom is 0.246 e. The second kappa shape index (κ2) is 4.36. The zero-order valence-electron chi connectivity index (χ0n) is 8.15. The standard InChI is InChI=1S/C10H15NO2S/c1-2-10(12)11-4-6-14-9-7-13-5-3-8(9)11/h2,8-9H,1,3-7H2. The van der Waals surface area contributed by atoms with Gasteiger partial charge in [0.25, 0.3) is 0 Å². The maximum atomic E-state index is 11.6. The lowest BCUT2D eigenvalue weighted by atomic mass is 10.1. The van der Waals surface area contributed by atoms with Crippen molar-refractivity contribution in [3.05, 3.63) is 12.7 Å². The van der Waals surface area contributed by atoms with Crippen LogP contribution in [0.15, 0.2) is 12.7 Å². The lowest BCUT2D eigenvalue weighted by molar-refractivity contribution is -0.129. The second-order valence-electron chi connectivity index (χ2n) is 3.58. The van der Waals surface area contributed by atoms with Crippen molar-refractivity contribution in [3.8, 4) is 0 Å². The third-order valence-corrected chi connectivity index (χ3v) is 4.09. The highest BCUT2D eigenvalue weighted by Crippen LogP contribution is 2.30. The Balaban J connectivity index is 2.08. The molecule has 0 aromatic carbocycles. The summed E-state index contributed by atoms with van der Waals surface area (Å²) >= 11 is 1.93. The summed E-state index contributed by atoms with van der Waals surface area (Å²) in [5.74, 6) is 1.09. The number of hydrogen-bond acceptors (Lipinski definition) is 3. The number of carbonyl (C=O) groups is 1. The van der Waals surface area contributed by atoms with E-state index in [4.69, 9.17) is 4.74 Å². The second-order valence-corrected chi connectivity index (χ2v) is 4.92. The Hall–Kier alpha value is -0.480. The van der Waals surface area contributed by atoms with Gasteiger partial charge in [0, 0.05) is 30.2 Å². The van der Waals surface area contributed by atoms with E-state index < -0.39 is 0 Å². The first-order valence-corrected chi connectivity index (χ1v) is 6.00. The fourth-order valence-corrected chi connectivity index (χ4v) is 3.38. The summed E-state index contributed by atoms with van der Waals surface area (Å²) in [6, 6.07) is 0.369. The van der Waals surface area contributed by atoms with Crippen LogP contribution in [0.1, 0.15) is 6.42 Å². The number of hydrogen-bond donors (Lipinski definition) is 0. The first-order chi connectivity index (χ1) is 6.83. The smallest absolute Gasteiger partial charge is 0.246 e. The summed E-state index contributed by atoms with van der Waals surface area (Å²) in [6.45, 7) is 5.97. The lowest BCUT2D eigenvalue weighted by Gasteiger charge is -2.42. The van der Waals surface area contributed by atoms with E-state index in [9.17, 15) is 4.79 Å². The van der Waals surface area contributed by atoms with Crippen LogP contribution in [0.2, 0.25) is 0 Å². The molecule has 14 heavy (non-hydrogen) atoms. The Morgan fingerprint density at radius 3 is 3.29 bits per heavy atom. The molecular weight excluding hydrogens is 198 g/mol. The van der Waals surface area contributed by atoms with Gasteiger partial charge in [0.15, 0.2) is 0 Å². The van der Waals surface area contributed by atoms with Crippen LogP contribution in [0.3, 0.4) is 0 Å². The molecule has 2 atom stereocenters. The third kappa shape index (κ3) is 1.81. The SMILES string of the molecule is C=CC(=O)N1CCSC2COCCC21.